The first kappa shape index (κ1) is 37.5. The lowest BCUT2D eigenvalue weighted by Crippen LogP contribution is -2.25. The van der Waals surface area contributed by atoms with Crippen molar-refractivity contribution >= 4 is 0 Å². The van der Waals surface area contributed by atoms with Crippen LogP contribution in [0.15, 0.2) is 54.6 Å². The molecule has 0 bridgehead atoms. The zero-order valence-corrected chi connectivity index (χ0v) is 30.4. The molecule has 0 aliphatic heterocycles. The van der Waals surface area contributed by atoms with E-state index < -0.39 is 11.6 Å². The summed E-state index contributed by atoms with van der Waals surface area (Å²) in [5, 5.41) is 0. The molecule has 2 aliphatic carbocycles. The summed E-state index contributed by atoms with van der Waals surface area (Å²) in [6.45, 7) is 4.85. The minimum atomic E-state index is -0.959. The van der Waals surface area contributed by atoms with Gasteiger partial charge in [0.25, 0.3) is 0 Å². The SMILES string of the molecule is CCCCCCCCOc1ccc(-c2ccc(-c3ccc(C4CCC(C5CCC(CCCCCCC)CC5)CC4)cc3F)cc2)c(F)c1F. The highest BCUT2D eigenvalue weighted by atomic mass is 19.2. The highest BCUT2D eigenvalue weighted by molar-refractivity contribution is 5.71. The Morgan fingerprint density at radius 1 is 0.551 bits per heavy atom. The topological polar surface area (TPSA) is 9.23 Å². The molecule has 2 saturated carbocycles. The van der Waals surface area contributed by atoms with Gasteiger partial charge in [0.15, 0.2) is 11.6 Å². The largest absolute Gasteiger partial charge is 0.490 e. The quantitative estimate of drug-likeness (QED) is 0.122. The summed E-state index contributed by atoms with van der Waals surface area (Å²) in [5.41, 5.74) is 3.10. The van der Waals surface area contributed by atoms with Crippen LogP contribution in [0.25, 0.3) is 22.3 Å². The minimum Gasteiger partial charge on any atom is -0.490 e. The van der Waals surface area contributed by atoms with Crippen LogP contribution in [0, 0.1) is 35.2 Å². The van der Waals surface area contributed by atoms with E-state index >= 15 is 8.78 Å². The molecule has 3 aromatic rings. The zero-order valence-electron chi connectivity index (χ0n) is 30.4. The molecule has 0 aromatic heterocycles. The van der Waals surface area contributed by atoms with Crippen LogP contribution in [0.2, 0.25) is 0 Å². The zero-order chi connectivity index (χ0) is 34.4. The van der Waals surface area contributed by atoms with Gasteiger partial charge in [-0.3, -0.25) is 0 Å². The molecule has 0 atom stereocenters. The highest BCUT2D eigenvalue weighted by Crippen LogP contribution is 2.45. The van der Waals surface area contributed by atoms with Gasteiger partial charge >= 0.3 is 0 Å². The number of benzene rings is 3. The van der Waals surface area contributed by atoms with Crippen molar-refractivity contribution in [1.82, 2.24) is 0 Å². The fourth-order valence-corrected chi connectivity index (χ4v) is 8.69. The predicted molar refractivity (Wildman–Crippen MR) is 200 cm³/mol. The average Bonchev–Trinajstić information content (AvgIpc) is 3.13. The average molecular weight is 675 g/mol. The summed E-state index contributed by atoms with van der Waals surface area (Å²) in [5.74, 6) is 0.984. The van der Waals surface area contributed by atoms with Gasteiger partial charge in [0.1, 0.15) is 5.82 Å². The van der Waals surface area contributed by atoms with E-state index in [9.17, 15) is 4.39 Å². The van der Waals surface area contributed by atoms with Gasteiger partial charge in [-0.2, -0.15) is 4.39 Å². The molecule has 49 heavy (non-hydrogen) atoms. The Balaban J connectivity index is 1.09. The monoisotopic (exact) mass is 674 g/mol. The fraction of sp³-hybridized carbons (Fsp3) is 0.600. The van der Waals surface area contributed by atoms with Crippen molar-refractivity contribution in [1.29, 1.82) is 0 Å². The van der Waals surface area contributed by atoms with Gasteiger partial charge in [0.2, 0.25) is 5.82 Å². The lowest BCUT2D eigenvalue weighted by molar-refractivity contribution is 0.155. The number of hydrogen-bond donors (Lipinski definition) is 0. The lowest BCUT2D eigenvalue weighted by Gasteiger charge is -2.38. The molecule has 5 rings (SSSR count). The van der Waals surface area contributed by atoms with E-state index in [2.05, 4.69) is 19.9 Å². The van der Waals surface area contributed by atoms with E-state index in [1.54, 1.807) is 36.4 Å². The van der Waals surface area contributed by atoms with Crippen molar-refractivity contribution in [2.45, 2.75) is 148 Å². The van der Waals surface area contributed by atoms with Crippen LogP contribution < -0.4 is 4.74 Å². The van der Waals surface area contributed by atoms with Gasteiger partial charge < -0.3 is 4.74 Å². The molecule has 0 saturated heterocycles. The normalized spacial score (nSPS) is 21.2. The summed E-state index contributed by atoms with van der Waals surface area (Å²) >= 11 is 0. The summed E-state index contributed by atoms with van der Waals surface area (Å²) in [6.07, 6.45) is 25.5. The van der Waals surface area contributed by atoms with Crippen LogP contribution in [-0.2, 0) is 0 Å². The van der Waals surface area contributed by atoms with Crippen molar-refractivity contribution in [3.05, 3.63) is 77.6 Å². The van der Waals surface area contributed by atoms with Gasteiger partial charge in [-0.15, -0.1) is 0 Å². The second kappa shape index (κ2) is 19.6. The molecule has 0 N–H and O–H groups in total. The van der Waals surface area contributed by atoms with Crippen LogP contribution in [0.3, 0.4) is 0 Å². The standard InChI is InChI=1S/C45H61F3O/c1-3-5-7-9-11-13-31-49-43-30-29-41(44(47)45(43)48)38-25-23-37(24-26-38)40-28-27-39(32-42(40)46)36-21-19-35(20-22-36)34-17-15-33(16-18-34)14-12-10-8-6-4-2/h23-30,32-36H,3-22,31H2,1-2H3. The minimum absolute atomic E-state index is 0.0481. The van der Waals surface area contributed by atoms with Crippen molar-refractivity contribution in [2.75, 3.05) is 6.61 Å². The first-order valence-corrected chi connectivity index (χ1v) is 20.0. The van der Waals surface area contributed by atoms with Crippen LogP contribution in [0.1, 0.15) is 154 Å². The Kier molecular flexibility index (Phi) is 15.0. The Bertz CT molecular complexity index is 1400. The summed E-state index contributed by atoms with van der Waals surface area (Å²) in [7, 11) is 0. The van der Waals surface area contributed by atoms with Gasteiger partial charge in [0, 0.05) is 11.1 Å². The lowest BCUT2D eigenvalue weighted by atomic mass is 9.68. The molecule has 0 amide bonds. The Morgan fingerprint density at radius 3 is 1.73 bits per heavy atom. The van der Waals surface area contributed by atoms with E-state index in [1.807, 2.05) is 6.07 Å². The third-order valence-corrected chi connectivity index (χ3v) is 11.8. The van der Waals surface area contributed by atoms with E-state index in [0.29, 0.717) is 23.7 Å². The van der Waals surface area contributed by atoms with Crippen LogP contribution in [0.4, 0.5) is 13.2 Å². The fourth-order valence-electron chi connectivity index (χ4n) is 8.69. The summed E-state index contributed by atoms with van der Waals surface area (Å²) in [6, 6.07) is 15.9. The number of unbranched alkanes of at least 4 members (excludes halogenated alkanes) is 9. The molecular formula is C45H61F3O. The number of ether oxygens (including phenoxy) is 1. The van der Waals surface area contributed by atoms with Gasteiger partial charge in [-0.1, -0.05) is 134 Å². The smallest absolute Gasteiger partial charge is 0.201 e. The van der Waals surface area contributed by atoms with E-state index in [0.717, 1.165) is 61.0 Å². The first-order valence-electron chi connectivity index (χ1n) is 20.0. The maximum absolute atomic E-state index is 15.5. The molecule has 0 heterocycles. The summed E-state index contributed by atoms with van der Waals surface area (Å²) < 4.78 is 51.0. The van der Waals surface area contributed by atoms with Crippen LogP contribution in [-0.4, -0.2) is 6.61 Å². The van der Waals surface area contributed by atoms with E-state index in [1.165, 1.54) is 102 Å². The van der Waals surface area contributed by atoms with Gasteiger partial charge in [-0.05, 0) is 104 Å². The molecule has 4 heteroatoms. The third kappa shape index (κ3) is 10.6. The van der Waals surface area contributed by atoms with Gasteiger partial charge in [0.05, 0.1) is 6.61 Å². The molecule has 2 fully saturated rings. The molecule has 0 spiro atoms. The van der Waals surface area contributed by atoms with Crippen molar-refractivity contribution < 1.29 is 17.9 Å². The second-order valence-corrected chi connectivity index (χ2v) is 15.3. The second-order valence-electron chi connectivity index (χ2n) is 15.3. The van der Waals surface area contributed by atoms with E-state index in [4.69, 9.17) is 4.74 Å². The Morgan fingerprint density at radius 2 is 1.10 bits per heavy atom. The predicted octanol–water partition coefficient (Wildman–Crippen LogP) is 14.6. The van der Waals surface area contributed by atoms with E-state index in [-0.39, 0.29) is 17.1 Å². The molecule has 1 nitrogen and oxygen atoms in total. The summed E-state index contributed by atoms with van der Waals surface area (Å²) in [4.78, 5) is 0. The first-order chi connectivity index (χ1) is 24.0. The van der Waals surface area contributed by atoms with Crippen LogP contribution >= 0.6 is 0 Å². The Labute approximate surface area is 295 Å². The van der Waals surface area contributed by atoms with Crippen molar-refractivity contribution in [3.63, 3.8) is 0 Å². The van der Waals surface area contributed by atoms with Crippen molar-refractivity contribution in [3.8, 4) is 28.0 Å². The molecule has 3 aromatic carbocycles. The molecule has 0 radical (unpaired) electrons. The molecular weight excluding hydrogens is 613 g/mol. The van der Waals surface area contributed by atoms with Crippen LogP contribution in [0.5, 0.6) is 5.75 Å². The third-order valence-electron chi connectivity index (χ3n) is 11.8. The number of rotatable bonds is 18. The highest BCUT2D eigenvalue weighted by Gasteiger charge is 2.31. The number of hydrogen-bond acceptors (Lipinski definition) is 1. The molecule has 0 unspecified atom stereocenters. The molecule has 2 aliphatic rings. The maximum Gasteiger partial charge on any atom is 0.201 e. The van der Waals surface area contributed by atoms with Crippen molar-refractivity contribution in [2.24, 2.45) is 17.8 Å². The van der Waals surface area contributed by atoms with Gasteiger partial charge in [-0.25, -0.2) is 8.78 Å². The Hall–Kier alpha value is -2.75. The number of halogens is 3. The maximum atomic E-state index is 15.5. The molecule has 268 valence electrons.